The number of nitrogens with zero attached hydrogens (tertiary/aromatic N) is 1. The van der Waals surface area contributed by atoms with Crippen molar-refractivity contribution in [3.8, 4) is 0 Å². The summed E-state index contributed by atoms with van der Waals surface area (Å²) in [6, 6.07) is 2.81. The van der Waals surface area contributed by atoms with Crippen LogP contribution in [0.15, 0.2) is 12.1 Å². The van der Waals surface area contributed by atoms with Gasteiger partial charge in [0, 0.05) is 37.0 Å². The van der Waals surface area contributed by atoms with Gasteiger partial charge in [-0.1, -0.05) is 0 Å². The van der Waals surface area contributed by atoms with E-state index in [1.54, 1.807) is 19.9 Å². The number of aryl methyl sites for hydroxylation is 2. The van der Waals surface area contributed by atoms with E-state index in [4.69, 9.17) is 4.74 Å². The number of carbonyl (C=O) groups excluding carboxylic acids is 1. The number of benzene rings is 1. The van der Waals surface area contributed by atoms with Gasteiger partial charge < -0.3 is 15.2 Å². The van der Waals surface area contributed by atoms with E-state index in [1.165, 1.54) is 6.07 Å². The van der Waals surface area contributed by atoms with Gasteiger partial charge in [-0.25, -0.2) is 0 Å². The van der Waals surface area contributed by atoms with E-state index in [2.05, 4.69) is 5.32 Å². The summed E-state index contributed by atoms with van der Waals surface area (Å²) in [5.74, 6) is -1.49. The molecule has 8 nitrogen and oxygen atoms in total. The van der Waals surface area contributed by atoms with Crippen LogP contribution in [-0.4, -0.2) is 41.7 Å². The molecule has 0 aromatic heterocycles. The predicted molar refractivity (Wildman–Crippen MR) is 85.0 cm³/mol. The van der Waals surface area contributed by atoms with Crippen LogP contribution >= 0.6 is 0 Å². The third kappa shape index (κ3) is 3.53. The predicted octanol–water partition coefficient (Wildman–Crippen LogP) is 1.82. The molecule has 1 saturated heterocycles. The van der Waals surface area contributed by atoms with Crippen molar-refractivity contribution >= 4 is 17.6 Å². The van der Waals surface area contributed by atoms with Crippen LogP contribution in [-0.2, 0) is 9.53 Å². The number of hydrogen-bond acceptors (Lipinski definition) is 5. The van der Waals surface area contributed by atoms with Crippen molar-refractivity contribution in [2.24, 2.45) is 5.41 Å². The van der Waals surface area contributed by atoms with Gasteiger partial charge in [0.1, 0.15) is 0 Å². The quantitative estimate of drug-likeness (QED) is 0.625. The maximum Gasteiger partial charge on any atom is 0.311 e. The van der Waals surface area contributed by atoms with Gasteiger partial charge in [0.2, 0.25) is 0 Å². The van der Waals surface area contributed by atoms with Crippen molar-refractivity contribution in [2.75, 3.05) is 19.8 Å². The molecule has 1 amide bonds. The minimum atomic E-state index is -1.06. The second-order valence-electron chi connectivity index (χ2n) is 6.09. The third-order valence-electron chi connectivity index (χ3n) is 4.48. The fraction of sp³-hybridized carbons (Fsp3) is 0.500. The molecule has 130 valence electrons. The van der Waals surface area contributed by atoms with E-state index in [0.717, 1.165) is 0 Å². The molecule has 1 aromatic rings. The number of aliphatic carboxylic acids is 1. The van der Waals surface area contributed by atoms with Crippen molar-refractivity contribution in [3.63, 3.8) is 0 Å². The van der Waals surface area contributed by atoms with Crippen molar-refractivity contribution in [1.29, 1.82) is 0 Å². The van der Waals surface area contributed by atoms with E-state index in [-0.39, 0.29) is 17.8 Å². The van der Waals surface area contributed by atoms with Crippen molar-refractivity contribution in [3.05, 3.63) is 38.9 Å². The standard InChI is InChI=1S/C16H20N2O6/c1-10-7-11(2)13(18(22)23)8-12(10)14(19)17-9-16(15(20)21)3-5-24-6-4-16/h7-8H,3-6,9H2,1-2H3,(H,17,19)(H,20,21). The summed E-state index contributed by atoms with van der Waals surface area (Å²) in [4.78, 5) is 34.5. The summed E-state index contributed by atoms with van der Waals surface area (Å²) < 4.78 is 5.19. The number of carbonyl (C=O) groups is 2. The first-order valence-corrected chi connectivity index (χ1v) is 7.62. The Labute approximate surface area is 139 Å². The highest BCUT2D eigenvalue weighted by Crippen LogP contribution is 2.30. The SMILES string of the molecule is Cc1cc(C)c([N+](=O)[O-])cc1C(=O)NCC1(C(=O)O)CCOCC1. The molecule has 24 heavy (non-hydrogen) atoms. The molecular weight excluding hydrogens is 316 g/mol. The van der Waals surface area contributed by atoms with Crippen molar-refractivity contribution in [1.82, 2.24) is 5.32 Å². The number of carboxylic acid groups (broad SMARTS) is 1. The van der Waals surface area contributed by atoms with Gasteiger partial charge in [-0.05, 0) is 38.3 Å². The van der Waals surface area contributed by atoms with Gasteiger partial charge in [-0.2, -0.15) is 0 Å². The van der Waals surface area contributed by atoms with Crippen LogP contribution in [0.25, 0.3) is 0 Å². The fourth-order valence-corrected chi connectivity index (χ4v) is 2.86. The molecule has 2 N–H and O–H groups in total. The molecule has 1 heterocycles. The second-order valence-corrected chi connectivity index (χ2v) is 6.09. The zero-order chi connectivity index (χ0) is 17.9. The lowest BCUT2D eigenvalue weighted by molar-refractivity contribution is -0.385. The molecule has 0 saturated carbocycles. The summed E-state index contributed by atoms with van der Waals surface area (Å²) in [6.45, 7) is 3.92. The normalized spacial score (nSPS) is 16.4. The highest BCUT2D eigenvalue weighted by molar-refractivity contribution is 5.96. The number of nitro benzene ring substituents is 1. The van der Waals surface area contributed by atoms with Crippen LogP contribution in [0, 0.1) is 29.4 Å². The summed E-state index contributed by atoms with van der Waals surface area (Å²) in [7, 11) is 0. The number of amides is 1. The Morgan fingerprint density at radius 2 is 1.92 bits per heavy atom. The van der Waals surface area contributed by atoms with Crippen molar-refractivity contribution < 1.29 is 24.4 Å². The Kier molecular flexibility index (Phi) is 5.18. The van der Waals surface area contributed by atoms with Crippen LogP contribution in [0.2, 0.25) is 0 Å². The van der Waals surface area contributed by atoms with Gasteiger partial charge in [0.05, 0.1) is 10.3 Å². The Bertz CT molecular complexity index is 679. The highest BCUT2D eigenvalue weighted by atomic mass is 16.6. The lowest BCUT2D eigenvalue weighted by Gasteiger charge is -2.33. The number of nitrogens with one attached hydrogen (secondary N) is 1. The molecule has 0 aliphatic carbocycles. The molecule has 1 fully saturated rings. The number of rotatable bonds is 5. The summed E-state index contributed by atoms with van der Waals surface area (Å²) >= 11 is 0. The lowest BCUT2D eigenvalue weighted by atomic mass is 9.80. The minimum absolute atomic E-state index is 0.0361. The highest BCUT2D eigenvalue weighted by Gasteiger charge is 2.40. The van der Waals surface area contributed by atoms with E-state index in [0.29, 0.717) is 37.2 Å². The first kappa shape index (κ1) is 17.9. The first-order valence-electron chi connectivity index (χ1n) is 7.62. The number of carboxylic acids is 1. The van der Waals surface area contributed by atoms with Crippen LogP contribution < -0.4 is 5.32 Å². The Morgan fingerprint density at radius 1 is 1.29 bits per heavy atom. The monoisotopic (exact) mass is 336 g/mol. The lowest BCUT2D eigenvalue weighted by Crippen LogP contribution is -2.46. The van der Waals surface area contributed by atoms with Gasteiger partial charge in [-0.15, -0.1) is 0 Å². The van der Waals surface area contributed by atoms with Crippen LogP contribution in [0.5, 0.6) is 0 Å². The smallest absolute Gasteiger partial charge is 0.311 e. The summed E-state index contributed by atoms with van der Waals surface area (Å²) in [5, 5.41) is 23.1. The van der Waals surface area contributed by atoms with Gasteiger partial charge in [0.15, 0.2) is 0 Å². The average molecular weight is 336 g/mol. The van der Waals surface area contributed by atoms with Crippen molar-refractivity contribution in [2.45, 2.75) is 26.7 Å². The molecular formula is C16H20N2O6. The fourth-order valence-electron chi connectivity index (χ4n) is 2.86. The largest absolute Gasteiger partial charge is 0.481 e. The third-order valence-corrected chi connectivity index (χ3v) is 4.48. The first-order chi connectivity index (χ1) is 11.3. The number of ether oxygens (including phenoxy) is 1. The van der Waals surface area contributed by atoms with Crippen LogP contribution in [0.1, 0.15) is 34.3 Å². The molecule has 0 bridgehead atoms. The Morgan fingerprint density at radius 3 is 2.46 bits per heavy atom. The Hall–Kier alpha value is -2.48. The summed E-state index contributed by atoms with van der Waals surface area (Å²) in [6.07, 6.45) is 0.630. The van der Waals surface area contributed by atoms with Gasteiger partial charge >= 0.3 is 5.97 Å². The van der Waals surface area contributed by atoms with Crippen LogP contribution in [0.4, 0.5) is 5.69 Å². The molecule has 0 spiro atoms. The van der Waals surface area contributed by atoms with E-state index in [1.807, 2.05) is 0 Å². The van der Waals surface area contributed by atoms with E-state index in [9.17, 15) is 24.8 Å². The summed E-state index contributed by atoms with van der Waals surface area (Å²) in [5.41, 5.74) is 0.0652. The zero-order valence-electron chi connectivity index (χ0n) is 13.6. The minimum Gasteiger partial charge on any atom is -0.481 e. The second kappa shape index (κ2) is 6.96. The Balaban J connectivity index is 2.19. The van der Waals surface area contributed by atoms with E-state index < -0.39 is 22.2 Å². The maximum absolute atomic E-state index is 12.4. The number of hydrogen-bond donors (Lipinski definition) is 2. The van der Waals surface area contributed by atoms with Crippen LogP contribution in [0.3, 0.4) is 0 Å². The van der Waals surface area contributed by atoms with E-state index >= 15 is 0 Å². The molecule has 0 radical (unpaired) electrons. The molecule has 1 aromatic carbocycles. The number of nitro groups is 1. The zero-order valence-corrected chi connectivity index (χ0v) is 13.6. The molecule has 1 aliphatic rings. The maximum atomic E-state index is 12.4. The van der Waals surface area contributed by atoms with Gasteiger partial charge in [0.25, 0.3) is 11.6 Å². The average Bonchev–Trinajstić information content (AvgIpc) is 2.53. The van der Waals surface area contributed by atoms with Gasteiger partial charge in [-0.3, -0.25) is 19.7 Å². The molecule has 0 unspecified atom stereocenters. The topological polar surface area (TPSA) is 119 Å². The molecule has 1 aliphatic heterocycles. The molecule has 0 atom stereocenters. The molecule has 8 heteroatoms. The molecule has 2 rings (SSSR count).